The molecular formula is C14H17N3. The molecule has 1 aliphatic heterocycles. The third-order valence-corrected chi connectivity index (χ3v) is 4.19. The molecule has 1 aromatic rings. The molecule has 2 atom stereocenters. The van der Waals surface area contributed by atoms with Gasteiger partial charge in [-0.15, -0.1) is 0 Å². The van der Waals surface area contributed by atoms with Gasteiger partial charge in [-0.1, -0.05) is 12.5 Å². The summed E-state index contributed by atoms with van der Waals surface area (Å²) in [7, 11) is 0. The maximum atomic E-state index is 9.02. The van der Waals surface area contributed by atoms with Gasteiger partial charge in [-0.25, -0.2) is 4.98 Å². The second-order valence-electron chi connectivity index (χ2n) is 5.27. The van der Waals surface area contributed by atoms with Crippen LogP contribution in [0.4, 0.5) is 0 Å². The van der Waals surface area contributed by atoms with Gasteiger partial charge in [0.2, 0.25) is 0 Å². The van der Waals surface area contributed by atoms with E-state index in [4.69, 9.17) is 5.26 Å². The molecule has 88 valence electrons. The first kappa shape index (κ1) is 10.7. The lowest BCUT2D eigenvalue weighted by molar-refractivity contribution is 0.303. The van der Waals surface area contributed by atoms with Crippen LogP contribution in [-0.2, 0) is 6.54 Å². The summed E-state index contributed by atoms with van der Waals surface area (Å²) in [5.74, 6) is 1.83. The van der Waals surface area contributed by atoms with Crippen molar-refractivity contribution in [1.82, 2.24) is 9.88 Å². The Hall–Kier alpha value is -1.40. The van der Waals surface area contributed by atoms with Gasteiger partial charge in [-0.2, -0.15) is 5.26 Å². The van der Waals surface area contributed by atoms with E-state index in [9.17, 15) is 0 Å². The zero-order valence-electron chi connectivity index (χ0n) is 9.97. The maximum absolute atomic E-state index is 9.02. The number of hydrogen-bond acceptors (Lipinski definition) is 3. The van der Waals surface area contributed by atoms with Crippen molar-refractivity contribution in [2.24, 2.45) is 11.8 Å². The smallest absolute Gasteiger partial charge is 0.144 e. The molecular weight excluding hydrogens is 210 g/mol. The van der Waals surface area contributed by atoms with Crippen LogP contribution in [-0.4, -0.2) is 23.0 Å². The van der Waals surface area contributed by atoms with E-state index in [2.05, 4.69) is 16.0 Å². The molecule has 2 aliphatic rings. The van der Waals surface area contributed by atoms with Gasteiger partial charge in [0.15, 0.2) is 0 Å². The van der Waals surface area contributed by atoms with Crippen LogP contribution < -0.4 is 0 Å². The SMILES string of the molecule is N#Cc1ncccc1CN1CC2CCCC2C1. The van der Waals surface area contributed by atoms with E-state index >= 15 is 0 Å². The molecule has 0 bridgehead atoms. The molecule has 3 rings (SSSR count). The van der Waals surface area contributed by atoms with Crippen molar-refractivity contribution >= 4 is 0 Å². The van der Waals surface area contributed by atoms with Crippen LogP contribution >= 0.6 is 0 Å². The number of aromatic nitrogens is 1. The molecule has 3 heteroatoms. The summed E-state index contributed by atoms with van der Waals surface area (Å²) in [5, 5.41) is 9.02. The van der Waals surface area contributed by atoms with Gasteiger partial charge in [0.05, 0.1) is 0 Å². The molecule has 0 N–H and O–H groups in total. The molecule has 2 heterocycles. The fourth-order valence-corrected chi connectivity index (χ4v) is 3.37. The standard InChI is InChI=1S/C14H17N3/c15-7-14-13(5-2-6-16-14)10-17-8-11-3-1-4-12(11)9-17/h2,5-6,11-12H,1,3-4,8-10H2. The minimum atomic E-state index is 0.588. The van der Waals surface area contributed by atoms with Crippen LogP contribution in [0.3, 0.4) is 0 Å². The van der Waals surface area contributed by atoms with Crippen LogP contribution in [0.2, 0.25) is 0 Å². The Morgan fingerprint density at radius 1 is 1.35 bits per heavy atom. The number of hydrogen-bond donors (Lipinski definition) is 0. The molecule has 1 aromatic heterocycles. The average Bonchev–Trinajstić information content (AvgIpc) is 2.90. The number of pyridine rings is 1. The van der Waals surface area contributed by atoms with E-state index in [0.29, 0.717) is 5.69 Å². The van der Waals surface area contributed by atoms with Crippen molar-refractivity contribution in [1.29, 1.82) is 5.26 Å². The Kier molecular flexibility index (Phi) is 2.82. The predicted molar refractivity (Wildman–Crippen MR) is 65.1 cm³/mol. The fraction of sp³-hybridized carbons (Fsp3) is 0.571. The monoisotopic (exact) mass is 227 g/mol. The van der Waals surface area contributed by atoms with Gasteiger partial charge in [0, 0.05) is 31.4 Å². The van der Waals surface area contributed by atoms with Crippen molar-refractivity contribution < 1.29 is 0 Å². The molecule has 0 radical (unpaired) electrons. The van der Waals surface area contributed by atoms with E-state index in [1.807, 2.05) is 12.1 Å². The van der Waals surface area contributed by atoms with Gasteiger partial charge < -0.3 is 0 Å². The Balaban J connectivity index is 1.70. The topological polar surface area (TPSA) is 39.9 Å². The first-order valence-corrected chi connectivity index (χ1v) is 6.43. The summed E-state index contributed by atoms with van der Waals surface area (Å²) < 4.78 is 0. The molecule has 0 amide bonds. The van der Waals surface area contributed by atoms with Gasteiger partial charge in [0.1, 0.15) is 11.8 Å². The normalized spacial score (nSPS) is 27.9. The Morgan fingerprint density at radius 3 is 2.82 bits per heavy atom. The second kappa shape index (κ2) is 4.46. The lowest BCUT2D eigenvalue weighted by atomic mass is 10.0. The van der Waals surface area contributed by atoms with Crippen LogP contribution in [0.1, 0.15) is 30.5 Å². The summed E-state index contributed by atoms with van der Waals surface area (Å²) in [6.45, 7) is 3.32. The summed E-state index contributed by atoms with van der Waals surface area (Å²) in [5.41, 5.74) is 1.67. The number of likely N-dealkylation sites (tertiary alicyclic amines) is 1. The van der Waals surface area contributed by atoms with Gasteiger partial charge in [-0.3, -0.25) is 4.90 Å². The highest BCUT2D eigenvalue weighted by Gasteiger charge is 2.35. The van der Waals surface area contributed by atoms with E-state index in [0.717, 1.165) is 23.9 Å². The summed E-state index contributed by atoms with van der Waals surface area (Å²) in [4.78, 5) is 6.62. The fourth-order valence-electron chi connectivity index (χ4n) is 3.37. The minimum Gasteiger partial charge on any atom is -0.298 e. The zero-order valence-corrected chi connectivity index (χ0v) is 9.97. The second-order valence-corrected chi connectivity index (χ2v) is 5.27. The first-order chi connectivity index (χ1) is 8.36. The van der Waals surface area contributed by atoms with E-state index in [1.165, 1.54) is 32.4 Å². The molecule has 2 unspecified atom stereocenters. The van der Waals surface area contributed by atoms with Crippen molar-refractivity contribution in [2.75, 3.05) is 13.1 Å². The number of nitrogens with zero attached hydrogens (tertiary/aromatic N) is 3. The summed E-state index contributed by atoms with van der Waals surface area (Å²) in [6.07, 6.45) is 5.92. The number of rotatable bonds is 2. The lowest BCUT2D eigenvalue weighted by Gasteiger charge is -2.16. The van der Waals surface area contributed by atoms with Crippen LogP contribution in [0.5, 0.6) is 0 Å². The quantitative estimate of drug-likeness (QED) is 0.777. The minimum absolute atomic E-state index is 0.588. The molecule has 1 aliphatic carbocycles. The molecule has 0 spiro atoms. The third kappa shape index (κ3) is 2.05. The van der Waals surface area contributed by atoms with Crippen molar-refractivity contribution in [3.63, 3.8) is 0 Å². The van der Waals surface area contributed by atoms with Gasteiger partial charge in [-0.05, 0) is 30.7 Å². The number of fused-ring (bicyclic) bond motifs is 1. The Labute approximate surface area is 102 Å². The highest BCUT2D eigenvalue weighted by molar-refractivity contribution is 5.30. The van der Waals surface area contributed by atoms with Crippen LogP contribution in [0, 0.1) is 23.2 Å². The van der Waals surface area contributed by atoms with E-state index in [-0.39, 0.29) is 0 Å². The van der Waals surface area contributed by atoms with Gasteiger partial charge in [0.25, 0.3) is 0 Å². The molecule has 1 saturated heterocycles. The molecule has 2 fully saturated rings. The van der Waals surface area contributed by atoms with Crippen molar-refractivity contribution in [3.05, 3.63) is 29.6 Å². The third-order valence-electron chi connectivity index (χ3n) is 4.19. The van der Waals surface area contributed by atoms with Crippen LogP contribution in [0.25, 0.3) is 0 Å². The average molecular weight is 227 g/mol. The lowest BCUT2D eigenvalue weighted by Crippen LogP contribution is -2.21. The Bertz CT molecular complexity index is 437. The summed E-state index contributed by atoms with van der Waals surface area (Å²) in [6, 6.07) is 6.13. The van der Waals surface area contributed by atoms with E-state index in [1.54, 1.807) is 6.20 Å². The van der Waals surface area contributed by atoms with Crippen molar-refractivity contribution in [3.8, 4) is 6.07 Å². The maximum Gasteiger partial charge on any atom is 0.144 e. The van der Waals surface area contributed by atoms with E-state index < -0.39 is 0 Å². The highest BCUT2D eigenvalue weighted by Crippen LogP contribution is 2.38. The first-order valence-electron chi connectivity index (χ1n) is 6.43. The zero-order chi connectivity index (χ0) is 11.7. The molecule has 17 heavy (non-hydrogen) atoms. The highest BCUT2D eigenvalue weighted by atomic mass is 15.2. The Morgan fingerprint density at radius 2 is 2.12 bits per heavy atom. The van der Waals surface area contributed by atoms with Crippen LogP contribution in [0.15, 0.2) is 18.3 Å². The summed E-state index contributed by atoms with van der Waals surface area (Å²) >= 11 is 0. The molecule has 3 nitrogen and oxygen atoms in total. The van der Waals surface area contributed by atoms with Gasteiger partial charge >= 0.3 is 0 Å². The largest absolute Gasteiger partial charge is 0.298 e. The molecule has 1 saturated carbocycles. The predicted octanol–water partition coefficient (Wildman–Crippen LogP) is 2.19. The molecule has 0 aromatic carbocycles. The number of nitriles is 1. The van der Waals surface area contributed by atoms with Crippen molar-refractivity contribution in [2.45, 2.75) is 25.8 Å².